The molecule has 78 valence electrons. The average Bonchev–Trinajstić information content (AvgIpc) is 2.32. The van der Waals surface area contributed by atoms with Crippen molar-refractivity contribution in [2.45, 2.75) is 51.0 Å². The molecule has 1 aliphatic carbocycles. The van der Waals surface area contributed by atoms with Gasteiger partial charge in [0.1, 0.15) is 0 Å². The Morgan fingerprint density at radius 2 is 2.00 bits per heavy atom. The van der Waals surface area contributed by atoms with Crippen LogP contribution in [-0.2, 0) is 0 Å². The summed E-state index contributed by atoms with van der Waals surface area (Å²) < 4.78 is 0. The van der Waals surface area contributed by atoms with E-state index in [-0.39, 0.29) is 0 Å². The van der Waals surface area contributed by atoms with E-state index in [0.29, 0.717) is 6.04 Å². The molecule has 0 radical (unpaired) electrons. The van der Waals surface area contributed by atoms with E-state index in [1.165, 1.54) is 50.7 Å². The number of thioether (sulfide) groups is 1. The highest BCUT2D eigenvalue weighted by Crippen LogP contribution is 2.26. The van der Waals surface area contributed by atoms with Gasteiger partial charge in [0, 0.05) is 6.04 Å². The van der Waals surface area contributed by atoms with Crippen LogP contribution in [0.3, 0.4) is 0 Å². The smallest absolute Gasteiger partial charge is 0.00671 e. The lowest BCUT2D eigenvalue weighted by molar-refractivity contribution is 0.370. The number of rotatable bonds is 4. The molecule has 2 heteroatoms. The lowest BCUT2D eigenvalue weighted by atomic mass is 9.91. The molecule has 1 fully saturated rings. The maximum Gasteiger partial charge on any atom is 0.00671 e. The minimum Gasteiger partial charge on any atom is -0.327 e. The molecule has 0 spiro atoms. The van der Waals surface area contributed by atoms with E-state index in [2.05, 4.69) is 6.26 Å². The van der Waals surface area contributed by atoms with Crippen molar-refractivity contribution in [3.8, 4) is 0 Å². The van der Waals surface area contributed by atoms with Gasteiger partial charge in [-0.15, -0.1) is 0 Å². The molecule has 1 rings (SSSR count). The Morgan fingerprint density at radius 1 is 1.23 bits per heavy atom. The van der Waals surface area contributed by atoms with Gasteiger partial charge in [-0.2, -0.15) is 11.8 Å². The van der Waals surface area contributed by atoms with Crippen LogP contribution in [0.5, 0.6) is 0 Å². The van der Waals surface area contributed by atoms with Gasteiger partial charge in [-0.1, -0.05) is 19.3 Å². The second-order valence-electron chi connectivity index (χ2n) is 4.20. The van der Waals surface area contributed by atoms with Crippen molar-refractivity contribution in [3.05, 3.63) is 0 Å². The highest BCUT2D eigenvalue weighted by atomic mass is 32.2. The molecule has 0 amide bonds. The Morgan fingerprint density at radius 3 is 2.77 bits per heavy atom. The number of hydrogen-bond acceptors (Lipinski definition) is 2. The van der Waals surface area contributed by atoms with E-state index in [1.807, 2.05) is 11.8 Å². The van der Waals surface area contributed by atoms with E-state index in [0.717, 1.165) is 5.92 Å². The lowest BCUT2D eigenvalue weighted by Crippen LogP contribution is -2.28. The molecule has 1 aliphatic rings. The minimum atomic E-state index is 0.504. The Kier molecular flexibility index (Phi) is 5.88. The monoisotopic (exact) mass is 201 g/mol. The molecule has 13 heavy (non-hydrogen) atoms. The molecule has 1 nitrogen and oxygen atoms in total. The van der Waals surface area contributed by atoms with Crippen LogP contribution in [0.1, 0.15) is 44.9 Å². The molecule has 0 aliphatic heterocycles. The summed E-state index contributed by atoms with van der Waals surface area (Å²) in [6.07, 6.45) is 11.7. The predicted molar refractivity (Wildman–Crippen MR) is 62.2 cm³/mol. The second-order valence-corrected chi connectivity index (χ2v) is 5.18. The molecule has 0 aromatic heterocycles. The van der Waals surface area contributed by atoms with Gasteiger partial charge >= 0.3 is 0 Å². The molecular weight excluding hydrogens is 178 g/mol. The third kappa shape index (κ3) is 4.37. The Hall–Kier alpha value is 0.310. The first-order valence-electron chi connectivity index (χ1n) is 5.59. The molecule has 2 atom stereocenters. The Labute approximate surface area is 86.8 Å². The normalized spacial score (nSPS) is 30.0. The van der Waals surface area contributed by atoms with Gasteiger partial charge in [0.25, 0.3) is 0 Å². The van der Waals surface area contributed by atoms with Crippen LogP contribution in [0, 0.1) is 5.92 Å². The largest absolute Gasteiger partial charge is 0.327 e. The first kappa shape index (κ1) is 11.4. The van der Waals surface area contributed by atoms with Crippen LogP contribution in [0.4, 0.5) is 0 Å². The van der Waals surface area contributed by atoms with E-state index >= 15 is 0 Å². The van der Waals surface area contributed by atoms with Gasteiger partial charge in [-0.05, 0) is 43.6 Å². The number of hydrogen-bond donors (Lipinski definition) is 1. The van der Waals surface area contributed by atoms with Gasteiger partial charge in [0.05, 0.1) is 0 Å². The average molecular weight is 201 g/mol. The van der Waals surface area contributed by atoms with Crippen molar-refractivity contribution >= 4 is 11.8 Å². The highest BCUT2D eigenvalue weighted by Gasteiger charge is 2.19. The molecule has 0 aromatic carbocycles. The highest BCUT2D eigenvalue weighted by molar-refractivity contribution is 7.98. The maximum atomic E-state index is 6.15. The Bertz CT molecular complexity index is 127. The third-order valence-corrected chi connectivity index (χ3v) is 3.84. The van der Waals surface area contributed by atoms with Crippen LogP contribution < -0.4 is 5.73 Å². The van der Waals surface area contributed by atoms with Crippen LogP contribution in [-0.4, -0.2) is 18.1 Å². The minimum absolute atomic E-state index is 0.504. The fourth-order valence-electron chi connectivity index (χ4n) is 2.26. The molecule has 2 N–H and O–H groups in total. The summed E-state index contributed by atoms with van der Waals surface area (Å²) in [7, 11) is 0. The first-order valence-corrected chi connectivity index (χ1v) is 6.98. The van der Waals surface area contributed by atoms with E-state index in [4.69, 9.17) is 5.73 Å². The topological polar surface area (TPSA) is 26.0 Å². The zero-order valence-electron chi connectivity index (χ0n) is 8.80. The summed E-state index contributed by atoms with van der Waals surface area (Å²) in [6.45, 7) is 0. The van der Waals surface area contributed by atoms with Crippen molar-refractivity contribution in [1.82, 2.24) is 0 Å². The zero-order chi connectivity index (χ0) is 9.52. The quantitative estimate of drug-likeness (QED) is 0.559. The van der Waals surface area contributed by atoms with Gasteiger partial charge in [-0.3, -0.25) is 0 Å². The van der Waals surface area contributed by atoms with Crippen LogP contribution in [0.25, 0.3) is 0 Å². The van der Waals surface area contributed by atoms with Crippen molar-refractivity contribution in [2.24, 2.45) is 11.7 Å². The van der Waals surface area contributed by atoms with Crippen LogP contribution >= 0.6 is 11.8 Å². The first-order chi connectivity index (χ1) is 6.34. The molecule has 0 heterocycles. The zero-order valence-corrected chi connectivity index (χ0v) is 9.61. The Balaban J connectivity index is 2.19. The van der Waals surface area contributed by atoms with E-state index < -0.39 is 0 Å². The summed E-state index contributed by atoms with van der Waals surface area (Å²) in [5.74, 6) is 2.14. The summed E-state index contributed by atoms with van der Waals surface area (Å²) in [6, 6.07) is 0.504. The fraction of sp³-hybridized carbons (Fsp3) is 1.00. The van der Waals surface area contributed by atoms with Crippen molar-refractivity contribution in [3.63, 3.8) is 0 Å². The summed E-state index contributed by atoms with van der Waals surface area (Å²) in [5, 5.41) is 0. The summed E-state index contributed by atoms with van der Waals surface area (Å²) in [4.78, 5) is 0. The predicted octanol–water partition coefficient (Wildman–Crippen LogP) is 3.04. The van der Waals surface area contributed by atoms with Gasteiger partial charge in [-0.25, -0.2) is 0 Å². The second kappa shape index (κ2) is 6.72. The van der Waals surface area contributed by atoms with E-state index in [9.17, 15) is 0 Å². The third-order valence-electron chi connectivity index (χ3n) is 3.14. The molecule has 2 unspecified atom stereocenters. The number of nitrogens with two attached hydrogens (primary N) is 1. The van der Waals surface area contributed by atoms with Gasteiger partial charge in [0.15, 0.2) is 0 Å². The molecule has 0 saturated heterocycles. The lowest BCUT2D eigenvalue weighted by Gasteiger charge is -2.20. The van der Waals surface area contributed by atoms with Gasteiger partial charge in [0.2, 0.25) is 0 Å². The molecular formula is C11H23NS. The van der Waals surface area contributed by atoms with Crippen molar-refractivity contribution in [2.75, 3.05) is 12.0 Å². The molecule has 0 bridgehead atoms. The summed E-state index contributed by atoms with van der Waals surface area (Å²) in [5.41, 5.74) is 6.15. The van der Waals surface area contributed by atoms with Crippen LogP contribution in [0.2, 0.25) is 0 Å². The maximum absolute atomic E-state index is 6.15. The van der Waals surface area contributed by atoms with E-state index in [1.54, 1.807) is 0 Å². The van der Waals surface area contributed by atoms with Crippen LogP contribution in [0.15, 0.2) is 0 Å². The molecule has 1 saturated carbocycles. The fourth-order valence-corrected chi connectivity index (χ4v) is 2.72. The van der Waals surface area contributed by atoms with Gasteiger partial charge < -0.3 is 5.73 Å². The van der Waals surface area contributed by atoms with Crippen molar-refractivity contribution in [1.29, 1.82) is 0 Å². The SMILES string of the molecule is CSCCCC1CCCCCC1N. The summed E-state index contributed by atoms with van der Waals surface area (Å²) >= 11 is 1.96. The standard InChI is InChI=1S/C11H23NS/c1-13-9-5-7-10-6-3-2-4-8-11(10)12/h10-11H,2-9,12H2,1H3. The molecule has 0 aromatic rings. The van der Waals surface area contributed by atoms with Crippen molar-refractivity contribution < 1.29 is 0 Å².